The molecule has 0 aliphatic rings. The second-order valence-corrected chi connectivity index (χ2v) is 12.2. The number of aryl methyl sites for hydroxylation is 1. The molecule has 2 unspecified atom stereocenters. The lowest BCUT2D eigenvalue weighted by atomic mass is 9.75. The lowest BCUT2D eigenvalue weighted by molar-refractivity contribution is -0.138. The largest absolute Gasteiger partial charge is 0.481 e. The van der Waals surface area contributed by atoms with Crippen molar-refractivity contribution in [1.82, 2.24) is 0 Å². The summed E-state index contributed by atoms with van der Waals surface area (Å²) in [5.74, 6) is 0.0260. The number of hydrogen-bond donors (Lipinski definition) is 2. The van der Waals surface area contributed by atoms with E-state index >= 15 is 0 Å². The van der Waals surface area contributed by atoms with Crippen LogP contribution in [0.25, 0.3) is 0 Å². The Bertz CT molecular complexity index is 1150. The van der Waals surface area contributed by atoms with Gasteiger partial charge in [0, 0.05) is 24.9 Å². The minimum Gasteiger partial charge on any atom is -0.481 e. The highest BCUT2D eigenvalue weighted by Crippen LogP contribution is 2.34. The first-order chi connectivity index (χ1) is 20.9. The Kier molecular flexibility index (Phi) is 21.6. The highest BCUT2D eigenvalue weighted by Gasteiger charge is 2.31. The van der Waals surface area contributed by atoms with Crippen LogP contribution in [-0.4, -0.2) is 42.4 Å². The third-order valence-corrected chi connectivity index (χ3v) is 7.22. The molecule has 2 rings (SSSR count). The first-order valence-corrected chi connectivity index (χ1v) is 15.4. The van der Waals surface area contributed by atoms with Gasteiger partial charge in [0.2, 0.25) is 0 Å². The molecule has 0 radical (unpaired) electrons. The smallest absolute Gasteiger partial charge is 0.416 e. The SMILES string of the molecule is C=O.CC(C)c1ccc(CCC(=O)O)cc1.CCCC(CCC(C)N=C(C(C)=O)c1cccc(C(F)(F)F)c1)C(C)(C)C.CN. The van der Waals surface area contributed by atoms with Crippen LogP contribution in [0, 0.1) is 11.3 Å². The van der Waals surface area contributed by atoms with Gasteiger partial charge in [-0.3, -0.25) is 14.6 Å². The lowest BCUT2D eigenvalue weighted by Crippen LogP contribution is -2.22. The number of benzene rings is 2. The van der Waals surface area contributed by atoms with Gasteiger partial charge >= 0.3 is 12.1 Å². The molecule has 0 saturated heterocycles. The van der Waals surface area contributed by atoms with Crippen LogP contribution in [0.4, 0.5) is 13.2 Å². The Morgan fingerprint density at radius 3 is 1.91 bits per heavy atom. The summed E-state index contributed by atoms with van der Waals surface area (Å²) in [4.78, 5) is 34.9. The van der Waals surface area contributed by atoms with Crippen molar-refractivity contribution in [3.05, 3.63) is 70.8 Å². The van der Waals surface area contributed by atoms with Crippen LogP contribution in [0.15, 0.2) is 53.5 Å². The van der Waals surface area contributed by atoms with Crippen molar-refractivity contribution in [1.29, 1.82) is 0 Å². The third kappa shape index (κ3) is 18.3. The quantitative estimate of drug-likeness (QED) is 0.226. The summed E-state index contributed by atoms with van der Waals surface area (Å²) in [7, 11) is 1.50. The van der Waals surface area contributed by atoms with Crippen LogP contribution in [0.1, 0.15) is 116 Å². The lowest BCUT2D eigenvalue weighted by Gasteiger charge is -2.31. The molecule has 0 spiro atoms. The summed E-state index contributed by atoms with van der Waals surface area (Å²) in [6.07, 6.45) is 0.418. The van der Waals surface area contributed by atoms with Crippen LogP contribution >= 0.6 is 0 Å². The Hall–Kier alpha value is -3.33. The zero-order valence-electron chi connectivity index (χ0n) is 28.6. The number of aliphatic carboxylic acids is 1. The number of alkyl halides is 3. The van der Waals surface area contributed by atoms with Crippen LogP contribution < -0.4 is 5.73 Å². The van der Waals surface area contributed by atoms with Crippen LogP contribution in [0.5, 0.6) is 0 Å². The molecule has 0 heterocycles. The van der Waals surface area contributed by atoms with Gasteiger partial charge in [0.15, 0.2) is 5.78 Å². The summed E-state index contributed by atoms with van der Waals surface area (Å²) in [6.45, 7) is 18.4. The van der Waals surface area contributed by atoms with E-state index in [9.17, 15) is 22.8 Å². The minimum absolute atomic E-state index is 0.122. The van der Waals surface area contributed by atoms with Gasteiger partial charge in [0.25, 0.3) is 0 Å². The van der Waals surface area contributed by atoms with E-state index in [1.54, 1.807) is 0 Å². The second kappa shape index (κ2) is 22.2. The first kappa shape index (κ1) is 43.8. The molecule has 0 aliphatic carbocycles. The van der Waals surface area contributed by atoms with Gasteiger partial charge in [0.05, 0.1) is 5.56 Å². The molecule has 2 atom stereocenters. The monoisotopic (exact) mass is 636 g/mol. The van der Waals surface area contributed by atoms with E-state index in [-0.39, 0.29) is 34.9 Å². The van der Waals surface area contributed by atoms with E-state index in [0.29, 0.717) is 18.3 Å². The van der Waals surface area contributed by atoms with Gasteiger partial charge in [-0.15, -0.1) is 0 Å². The summed E-state index contributed by atoms with van der Waals surface area (Å²) in [5.41, 5.74) is 6.67. The third-order valence-electron chi connectivity index (χ3n) is 7.22. The maximum atomic E-state index is 13.0. The van der Waals surface area contributed by atoms with E-state index in [2.05, 4.69) is 64.4 Å². The molecule has 45 heavy (non-hydrogen) atoms. The fourth-order valence-corrected chi connectivity index (χ4v) is 4.62. The minimum atomic E-state index is -4.44. The zero-order chi connectivity index (χ0) is 35.4. The number of carbonyl (C=O) groups is 3. The van der Waals surface area contributed by atoms with E-state index < -0.39 is 17.7 Å². The Morgan fingerprint density at radius 2 is 1.49 bits per heavy atom. The topological polar surface area (TPSA) is 110 Å². The molecule has 0 aromatic heterocycles. The molecule has 2 aromatic carbocycles. The molecule has 3 N–H and O–H groups in total. The van der Waals surface area contributed by atoms with Gasteiger partial charge in [-0.05, 0) is 73.7 Å². The normalized spacial score (nSPS) is 12.8. The first-order valence-electron chi connectivity index (χ1n) is 15.4. The molecule has 0 saturated carbocycles. The number of ketones is 1. The Morgan fingerprint density at radius 1 is 0.933 bits per heavy atom. The van der Waals surface area contributed by atoms with Crippen LogP contribution in [0.2, 0.25) is 0 Å². The molecule has 0 bridgehead atoms. The summed E-state index contributed by atoms with van der Waals surface area (Å²) in [6, 6.07) is 12.9. The summed E-state index contributed by atoms with van der Waals surface area (Å²) >= 11 is 0. The molecular weight excluding hydrogens is 581 g/mol. The molecule has 2 aromatic rings. The van der Waals surface area contributed by atoms with Gasteiger partial charge in [-0.25, -0.2) is 0 Å². The molecular formula is C36H55F3N2O4. The second-order valence-electron chi connectivity index (χ2n) is 12.2. The molecule has 9 heteroatoms. The number of aliphatic imine (C=N–C) groups is 1. The van der Waals surface area contributed by atoms with E-state index in [4.69, 9.17) is 9.90 Å². The summed E-state index contributed by atoms with van der Waals surface area (Å²) in [5, 5.41) is 8.52. The molecule has 254 valence electrons. The number of carboxylic acid groups (broad SMARTS) is 1. The van der Waals surface area contributed by atoms with Crippen molar-refractivity contribution in [2.24, 2.45) is 22.1 Å². The number of rotatable bonds is 12. The number of carbonyl (C=O) groups excluding carboxylic acids is 2. The number of nitrogens with zero attached hydrogens (tertiary/aromatic N) is 1. The molecule has 6 nitrogen and oxygen atoms in total. The molecule has 0 aliphatic heterocycles. The fourth-order valence-electron chi connectivity index (χ4n) is 4.62. The van der Waals surface area contributed by atoms with Crippen molar-refractivity contribution in [3.63, 3.8) is 0 Å². The number of carboxylic acids is 1. The van der Waals surface area contributed by atoms with Gasteiger partial charge in [-0.2, -0.15) is 13.2 Å². The standard InChI is InChI=1S/C22H32F3NO.C12H16O2.CH5N.CH2O/c1-7-9-18(21(4,5)6)13-12-15(2)26-20(16(3)27)17-10-8-11-19(14-17)22(23,24)25;1-9(2)11-6-3-10(4-7-11)5-8-12(13)14;2*1-2/h8,10-11,14-15,18H,7,9,12-13H2,1-6H3;3-4,6-7,9H,5,8H2,1-2H3,(H,13,14);2H2,1H3;1H2. The van der Waals surface area contributed by atoms with Crippen molar-refractivity contribution in [3.8, 4) is 0 Å². The van der Waals surface area contributed by atoms with Crippen LogP contribution in [0.3, 0.4) is 0 Å². The van der Waals surface area contributed by atoms with E-state index in [1.807, 2.05) is 25.8 Å². The van der Waals surface area contributed by atoms with Gasteiger partial charge in [0.1, 0.15) is 12.5 Å². The highest BCUT2D eigenvalue weighted by atomic mass is 19.4. The van der Waals surface area contributed by atoms with Crippen molar-refractivity contribution >= 4 is 24.3 Å². The Balaban J connectivity index is 0. The number of halogens is 3. The zero-order valence-corrected chi connectivity index (χ0v) is 28.6. The molecule has 0 fully saturated rings. The maximum Gasteiger partial charge on any atom is 0.416 e. The van der Waals surface area contributed by atoms with Crippen molar-refractivity contribution in [2.75, 3.05) is 7.05 Å². The average molecular weight is 637 g/mol. The van der Waals surface area contributed by atoms with Gasteiger partial charge in [-0.1, -0.05) is 90.8 Å². The van der Waals surface area contributed by atoms with E-state index in [0.717, 1.165) is 43.4 Å². The fraction of sp³-hybridized carbons (Fsp3) is 0.556. The maximum absolute atomic E-state index is 13.0. The van der Waals surface area contributed by atoms with Crippen molar-refractivity contribution < 1.29 is 32.7 Å². The predicted octanol–water partition coefficient (Wildman–Crippen LogP) is 8.93. The van der Waals surface area contributed by atoms with E-state index in [1.165, 1.54) is 31.7 Å². The van der Waals surface area contributed by atoms with Crippen molar-refractivity contribution in [2.45, 2.75) is 112 Å². The van der Waals surface area contributed by atoms with Crippen LogP contribution in [-0.2, 0) is 27.0 Å². The number of hydrogen-bond acceptors (Lipinski definition) is 5. The summed E-state index contributed by atoms with van der Waals surface area (Å²) < 4.78 is 38.9. The predicted molar refractivity (Wildman–Crippen MR) is 179 cm³/mol. The number of nitrogens with two attached hydrogens (primary N) is 1. The molecule has 0 amide bonds. The van der Waals surface area contributed by atoms with Gasteiger partial charge < -0.3 is 15.6 Å². The number of Topliss-reactive ketones (excluding diaryl/α,β-unsaturated/α-hetero) is 1. The highest BCUT2D eigenvalue weighted by molar-refractivity contribution is 6.45. The Labute approximate surface area is 268 Å². The average Bonchev–Trinajstić information content (AvgIpc) is 2.98.